The molecule has 2 atom stereocenters. The molecule has 9 heteroatoms. The Balaban J connectivity index is 1.39. The maximum absolute atomic E-state index is 12.1. The van der Waals surface area contributed by atoms with Gasteiger partial charge in [-0.1, -0.05) is 51.3 Å². The predicted molar refractivity (Wildman–Crippen MR) is 120 cm³/mol. The summed E-state index contributed by atoms with van der Waals surface area (Å²) in [5.41, 5.74) is 1.12. The normalized spacial score (nSPS) is 23.3. The van der Waals surface area contributed by atoms with Gasteiger partial charge in [0, 0.05) is 30.4 Å². The molecule has 1 saturated heterocycles. The van der Waals surface area contributed by atoms with E-state index in [2.05, 4.69) is 32.2 Å². The number of carbonyl (C=O) groups is 1. The van der Waals surface area contributed by atoms with Crippen molar-refractivity contribution in [3.63, 3.8) is 0 Å². The average Bonchev–Trinajstić information content (AvgIpc) is 3.07. The number of amides is 1. The first-order valence-electron chi connectivity index (χ1n) is 8.68. The lowest BCUT2D eigenvalue weighted by atomic mass is 10.2. The van der Waals surface area contributed by atoms with Gasteiger partial charge >= 0.3 is 0 Å². The van der Waals surface area contributed by atoms with Gasteiger partial charge in [0.25, 0.3) is 0 Å². The van der Waals surface area contributed by atoms with Crippen LogP contribution < -0.4 is 5.32 Å². The van der Waals surface area contributed by atoms with Crippen molar-refractivity contribution in [2.45, 2.75) is 23.2 Å². The number of benzene rings is 1. The molecule has 3 rings (SSSR count). The van der Waals surface area contributed by atoms with Crippen LogP contribution in [0.4, 0.5) is 0 Å². The van der Waals surface area contributed by atoms with Crippen molar-refractivity contribution in [2.24, 2.45) is 0 Å². The van der Waals surface area contributed by atoms with Crippen molar-refractivity contribution in [3.05, 3.63) is 44.1 Å². The number of nitrogens with one attached hydrogen (secondary N) is 1. The number of halogens is 3. The number of nitrogens with zero attached hydrogens (tertiary/aromatic N) is 1. The Kier molecular flexibility index (Phi) is 8.69. The van der Waals surface area contributed by atoms with E-state index in [1.54, 1.807) is 23.5 Å². The maximum Gasteiger partial charge on any atom is 0.230 e. The number of ether oxygens (including phenoxy) is 1. The molecule has 2 heterocycles. The third kappa shape index (κ3) is 7.14. The Morgan fingerprint density at radius 2 is 2.26 bits per heavy atom. The molecule has 0 spiro atoms. The van der Waals surface area contributed by atoms with Crippen LogP contribution >= 0.6 is 62.7 Å². The average molecular weight is 512 g/mol. The van der Waals surface area contributed by atoms with E-state index in [0.29, 0.717) is 33.1 Å². The number of carbonyl (C=O) groups excluding carboxylic acids is 1. The highest BCUT2D eigenvalue weighted by Crippen LogP contribution is 2.42. The Labute approximate surface area is 186 Å². The van der Waals surface area contributed by atoms with Gasteiger partial charge in [0.2, 0.25) is 5.91 Å². The monoisotopic (exact) mass is 510 g/mol. The lowest BCUT2D eigenvalue weighted by molar-refractivity contribution is -0.119. The van der Waals surface area contributed by atoms with E-state index in [4.69, 9.17) is 27.9 Å². The number of morpholine rings is 1. The Morgan fingerprint density at radius 1 is 1.41 bits per heavy atom. The fourth-order valence-electron chi connectivity index (χ4n) is 2.86. The van der Waals surface area contributed by atoms with Crippen molar-refractivity contribution in [1.29, 1.82) is 0 Å². The lowest BCUT2D eigenvalue weighted by Crippen LogP contribution is -2.47. The van der Waals surface area contributed by atoms with E-state index in [0.717, 1.165) is 31.6 Å². The lowest BCUT2D eigenvalue weighted by Gasteiger charge is -2.33. The molecule has 0 bridgehead atoms. The summed E-state index contributed by atoms with van der Waals surface area (Å²) in [4.78, 5) is 14.4. The number of alkyl halides is 1. The molecule has 1 N–H and O–H groups in total. The van der Waals surface area contributed by atoms with E-state index in [9.17, 15) is 4.79 Å². The van der Waals surface area contributed by atoms with Crippen LogP contribution in [0.2, 0.25) is 10.0 Å². The summed E-state index contributed by atoms with van der Waals surface area (Å²) in [6.45, 7) is 3.62. The molecule has 0 aliphatic carbocycles. The molecule has 0 radical (unpaired) electrons. The first-order chi connectivity index (χ1) is 13.0. The Bertz CT molecular complexity index is 708. The SMILES string of the molecule is O=C(CSC1=CCC(Br)S1)NC[C@H]1CN(Cc2ccc(Cl)c(Cl)c2)CCO1. The van der Waals surface area contributed by atoms with E-state index in [1.165, 1.54) is 4.24 Å². The number of thioether (sulfide) groups is 2. The van der Waals surface area contributed by atoms with E-state index < -0.39 is 0 Å². The minimum absolute atomic E-state index is 0.00228. The summed E-state index contributed by atoms with van der Waals surface area (Å²) in [5, 5.41) is 4.13. The smallest absolute Gasteiger partial charge is 0.230 e. The van der Waals surface area contributed by atoms with Gasteiger partial charge < -0.3 is 10.1 Å². The first-order valence-corrected chi connectivity index (χ1v) is 12.2. The Hall–Kier alpha value is 0.110. The summed E-state index contributed by atoms with van der Waals surface area (Å²) in [6, 6.07) is 5.72. The third-order valence-electron chi connectivity index (χ3n) is 4.20. The quantitative estimate of drug-likeness (QED) is 0.535. The highest BCUT2D eigenvalue weighted by atomic mass is 79.9. The van der Waals surface area contributed by atoms with Crippen LogP contribution in [0, 0.1) is 0 Å². The van der Waals surface area contributed by atoms with Crippen molar-refractivity contribution in [1.82, 2.24) is 10.2 Å². The number of allylic oxidation sites excluding steroid dienone is 1. The molecule has 1 unspecified atom stereocenters. The van der Waals surface area contributed by atoms with Crippen LogP contribution in [0.25, 0.3) is 0 Å². The van der Waals surface area contributed by atoms with Gasteiger partial charge in [0.05, 0.1) is 32.7 Å². The molecule has 1 fully saturated rings. The van der Waals surface area contributed by atoms with Crippen LogP contribution in [0.3, 0.4) is 0 Å². The fourth-order valence-corrected chi connectivity index (χ4v) is 6.37. The molecule has 1 aromatic carbocycles. The summed E-state index contributed by atoms with van der Waals surface area (Å²) in [5.74, 6) is 0.489. The zero-order valence-corrected chi connectivity index (χ0v) is 19.4. The molecule has 1 amide bonds. The molecule has 0 saturated carbocycles. The largest absolute Gasteiger partial charge is 0.374 e. The first kappa shape index (κ1) is 21.8. The van der Waals surface area contributed by atoms with E-state index in [1.807, 2.05) is 18.2 Å². The molecular formula is C18H21BrCl2N2O2S2. The highest BCUT2D eigenvalue weighted by Gasteiger charge is 2.22. The van der Waals surface area contributed by atoms with Crippen LogP contribution in [0.5, 0.6) is 0 Å². The van der Waals surface area contributed by atoms with Crippen molar-refractivity contribution in [3.8, 4) is 0 Å². The second-order valence-electron chi connectivity index (χ2n) is 6.36. The molecule has 1 aromatic rings. The minimum atomic E-state index is 0.00228. The highest BCUT2D eigenvalue weighted by molar-refractivity contribution is 9.11. The standard InChI is InChI=1S/C18H21BrCl2N2O2S2/c19-16-3-4-18(27-16)26-11-17(24)22-8-13-10-23(5-6-25-13)9-12-1-2-14(20)15(21)7-12/h1-2,4,7,13,16H,3,5-6,8-11H2,(H,22,24)/t13-,16?/m0/s1. The summed E-state index contributed by atoms with van der Waals surface area (Å²) in [6.07, 6.45) is 3.19. The van der Waals surface area contributed by atoms with Crippen molar-refractivity contribution < 1.29 is 9.53 Å². The van der Waals surface area contributed by atoms with Gasteiger partial charge in [-0.3, -0.25) is 9.69 Å². The second-order valence-corrected chi connectivity index (χ2v) is 11.4. The van der Waals surface area contributed by atoms with E-state index >= 15 is 0 Å². The van der Waals surface area contributed by atoms with Crippen LogP contribution in [0.1, 0.15) is 12.0 Å². The summed E-state index contributed by atoms with van der Waals surface area (Å²) in [7, 11) is 0. The van der Waals surface area contributed by atoms with Crippen LogP contribution in [-0.4, -0.2) is 53.1 Å². The molecule has 27 heavy (non-hydrogen) atoms. The zero-order valence-electron chi connectivity index (χ0n) is 14.6. The van der Waals surface area contributed by atoms with Crippen LogP contribution in [0.15, 0.2) is 28.5 Å². The van der Waals surface area contributed by atoms with Crippen molar-refractivity contribution >= 4 is 68.6 Å². The van der Waals surface area contributed by atoms with Gasteiger partial charge in [-0.05, 0) is 24.1 Å². The summed E-state index contributed by atoms with van der Waals surface area (Å²) >= 11 is 19.0. The molecule has 2 aliphatic heterocycles. The summed E-state index contributed by atoms with van der Waals surface area (Å²) < 4.78 is 7.46. The number of rotatable bonds is 7. The maximum atomic E-state index is 12.1. The Morgan fingerprint density at radius 3 is 3.00 bits per heavy atom. The number of hydrogen-bond donors (Lipinski definition) is 1. The zero-order chi connectivity index (χ0) is 19.2. The van der Waals surface area contributed by atoms with Gasteiger partial charge in [-0.2, -0.15) is 0 Å². The molecule has 2 aliphatic rings. The molecule has 4 nitrogen and oxygen atoms in total. The second kappa shape index (κ2) is 10.8. The minimum Gasteiger partial charge on any atom is -0.374 e. The van der Waals surface area contributed by atoms with Gasteiger partial charge in [0.15, 0.2) is 0 Å². The van der Waals surface area contributed by atoms with Gasteiger partial charge in [-0.25, -0.2) is 0 Å². The molecule has 148 valence electrons. The molecular weight excluding hydrogens is 491 g/mol. The van der Waals surface area contributed by atoms with Crippen LogP contribution in [-0.2, 0) is 16.1 Å². The molecule has 0 aromatic heterocycles. The van der Waals surface area contributed by atoms with E-state index in [-0.39, 0.29) is 12.0 Å². The topological polar surface area (TPSA) is 41.6 Å². The predicted octanol–water partition coefficient (Wildman–Crippen LogP) is 4.74. The fraction of sp³-hybridized carbons (Fsp3) is 0.500. The number of hydrogen-bond acceptors (Lipinski definition) is 5. The van der Waals surface area contributed by atoms with Gasteiger partial charge in [0.1, 0.15) is 0 Å². The van der Waals surface area contributed by atoms with Crippen molar-refractivity contribution in [2.75, 3.05) is 32.0 Å². The third-order valence-corrected chi connectivity index (χ3v) is 8.22. The van der Waals surface area contributed by atoms with Gasteiger partial charge in [-0.15, -0.1) is 23.5 Å².